The Bertz CT molecular complexity index is 929. The van der Waals surface area contributed by atoms with E-state index in [0.29, 0.717) is 5.56 Å². The fraction of sp³-hybridized carbons (Fsp3) is 0.250. The molecule has 24 heavy (non-hydrogen) atoms. The van der Waals surface area contributed by atoms with Crippen LogP contribution in [-0.4, -0.2) is 10.9 Å². The van der Waals surface area contributed by atoms with Crippen molar-refractivity contribution >= 4 is 16.8 Å². The van der Waals surface area contributed by atoms with Gasteiger partial charge in [-0.25, -0.2) is 4.39 Å². The Balaban J connectivity index is 1.67. The molecule has 0 fully saturated rings. The average Bonchev–Trinajstić information content (AvgIpc) is 2.94. The maximum absolute atomic E-state index is 13.3. The molecule has 1 aromatic heterocycles. The molecular formula is C20H19FN2O. The molecule has 3 aromatic rings. The van der Waals surface area contributed by atoms with E-state index in [1.807, 2.05) is 0 Å². The number of carbonyl (C=O) groups excluding carboxylic acids is 1. The normalized spacial score (nSPS) is 16.8. The van der Waals surface area contributed by atoms with Crippen LogP contribution in [-0.2, 0) is 6.42 Å². The van der Waals surface area contributed by atoms with Crippen LogP contribution >= 0.6 is 0 Å². The predicted molar refractivity (Wildman–Crippen MR) is 92.6 cm³/mol. The Hall–Kier alpha value is -2.62. The first-order valence-electron chi connectivity index (χ1n) is 8.29. The Kier molecular flexibility index (Phi) is 3.60. The van der Waals surface area contributed by atoms with Crippen LogP contribution in [0.4, 0.5) is 4.39 Å². The van der Waals surface area contributed by atoms with Gasteiger partial charge in [-0.15, -0.1) is 0 Å². The van der Waals surface area contributed by atoms with E-state index in [1.54, 1.807) is 12.1 Å². The third-order valence-corrected chi connectivity index (χ3v) is 4.75. The SMILES string of the molecule is Cc1ccc2[nH]c3c(c2c1)CCCC3NC(=O)c1cccc(F)c1. The molecule has 3 nitrogen and oxygen atoms in total. The van der Waals surface area contributed by atoms with Gasteiger partial charge in [-0.1, -0.05) is 17.7 Å². The second-order valence-electron chi connectivity index (χ2n) is 6.49. The molecule has 0 saturated carbocycles. The first-order chi connectivity index (χ1) is 11.6. The number of halogens is 1. The molecule has 0 spiro atoms. The minimum atomic E-state index is -0.395. The molecular weight excluding hydrogens is 303 g/mol. The number of rotatable bonds is 2. The standard InChI is InChI=1S/C20H19FN2O/c1-12-8-9-17-16(10-12)15-6-3-7-18(19(15)22-17)23-20(24)13-4-2-5-14(21)11-13/h2,4-5,8-11,18,22H,3,6-7H2,1H3,(H,23,24). The monoisotopic (exact) mass is 322 g/mol. The lowest BCUT2D eigenvalue weighted by Crippen LogP contribution is -2.31. The van der Waals surface area contributed by atoms with Crippen molar-refractivity contribution in [3.05, 3.63) is 70.7 Å². The van der Waals surface area contributed by atoms with Crippen LogP contribution in [0.2, 0.25) is 0 Å². The van der Waals surface area contributed by atoms with Gasteiger partial charge in [0.05, 0.1) is 6.04 Å². The van der Waals surface area contributed by atoms with Gasteiger partial charge in [0.2, 0.25) is 0 Å². The van der Waals surface area contributed by atoms with Crippen molar-refractivity contribution in [2.45, 2.75) is 32.2 Å². The lowest BCUT2D eigenvalue weighted by molar-refractivity contribution is 0.0931. The van der Waals surface area contributed by atoms with Gasteiger partial charge >= 0.3 is 0 Å². The maximum atomic E-state index is 13.3. The summed E-state index contributed by atoms with van der Waals surface area (Å²) in [5.41, 5.74) is 5.08. The van der Waals surface area contributed by atoms with E-state index in [4.69, 9.17) is 0 Å². The second kappa shape index (κ2) is 5.78. The third kappa shape index (κ3) is 2.58. The lowest BCUT2D eigenvalue weighted by Gasteiger charge is -2.24. The second-order valence-corrected chi connectivity index (χ2v) is 6.49. The fourth-order valence-corrected chi connectivity index (χ4v) is 3.59. The first kappa shape index (κ1) is 14.9. The summed E-state index contributed by atoms with van der Waals surface area (Å²) in [5.74, 6) is -0.629. The zero-order valence-corrected chi connectivity index (χ0v) is 13.5. The Morgan fingerprint density at radius 1 is 1.25 bits per heavy atom. The molecule has 1 aliphatic rings. The highest BCUT2D eigenvalue weighted by molar-refractivity contribution is 5.94. The number of amides is 1. The molecule has 2 N–H and O–H groups in total. The van der Waals surface area contributed by atoms with Crippen molar-refractivity contribution in [2.24, 2.45) is 0 Å². The van der Waals surface area contributed by atoms with Crippen LogP contribution < -0.4 is 5.32 Å². The summed E-state index contributed by atoms with van der Waals surface area (Å²) in [5, 5.41) is 4.30. The molecule has 0 aliphatic heterocycles. The van der Waals surface area contributed by atoms with Gasteiger partial charge in [-0.05, 0) is 62.1 Å². The van der Waals surface area contributed by atoms with Crippen LogP contribution in [0, 0.1) is 12.7 Å². The van der Waals surface area contributed by atoms with E-state index >= 15 is 0 Å². The third-order valence-electron chi connectivity index (χ3n) is 4.75. The molecule has 1 atom stereocenters. The van der Waals surface area contributed by atoms with Crippen molar-refractivity contribution in [3.63, 3.8) is 0 Å². The number of H-pyrrole nitrogens is 1. The number of benzene rings is 2. The van der Waals surface area contributed by atoms with Gasteiger partial charge in [0.15, 0.2) is 0 Å². The van der Waals surface area contributed by atoms with Crippen molar-refractivity contribution in [1.29, 1.82) is 0 Å². The van der Waals surface area contributed by atoms with Crippen molar-refractivity contribution < 1.29 is 9.18 Å². The molecule has 2 aromatic carbocycles. The van der Waals surface area contributed by atoms with Crippen LogP contribution in [0.5, 0.6) is 0 Å². The number of aromatic amines is 1. The summed E-state index contributed by atoms with van der Waals surface area (Å²) in [6.07, 6.45) is 2.94. The summed E-state index contributed by atoms with van der Waals surface area (Å²) >= 11 is 0. The van der Waals surface area contributed by atoms with Crippen LogP contribution in [0.25, 0.3) is 10.9 Å². The molecule has 122 valence electrons. The summed E-state index contributed by atoms with van der Waals surface area (Å²) < 4.78 is 13.3. The summed E-state index contributed by atoms with van der Waals surface area (Å²) in [7, 11) is 0. The van der Waals surface area contributed by atoms with Crippen molar-refractivity contribution in [1.82, 2.24) is 10.3 Å². The summed E-state index contributed by atoms with van der Waals surface area (Å²) in [4.78, 5) is 15.9. The molecule has 1 aliphatic carbocycles. The zero-order valence-electron chi connectivity index (χ0n) is 13.5. The highest BCUT2D eigenvalue weighted by Crippen LogP contribution is 2.35. The number of fused-ring (bicyclic) bond motifs is 3. The number of hydrogen-bond acceptors (Lipinski definition) is 1. The lowest BCUT2D eigenvalue weighted by atomic mass is 9.91. The Morgan fingerprint density at radius 2 is 2.12 bits per heavy atom. The van der Waals surface area contributed by atoms with E-state index in [-0.39, 0.29) is 11.9 Å². The fourth-order valence-electron chi connectivity index (χ4n) is 3.59. The van der Waals surface area contributed by atoms with Crippen molar-refractivity contribution in [3.8, 4) is 0 Å². The van der Waals surface area contributed by atoms with E-state index in [1.165, 1.54) is 28.6 Å². The maximum Gasteiger partial charge on any atom is 0.251 e. The Labute approximate surface area is 139 Å². The molecule has 4 heteroatoms. The van der Waals surface area contributed by atoms with Crippen LogP contribution in [0.1, 0.15) is 46.1 Å². The highest BCUT2D eigenvalue weighted by atomic mass is 19.1. The van der Waals surface area contributed by atoms with E-state index in [9.17, 15) is 9.18 Å². The van der Waals surface area contributed by atoms with E-state index < -0.39 is 5.82 Å². The minimum Gasteiger partial charge on any atom is -0.356 e. The number of aryl methyl sites for hydroxylation is 2. The van der Waals surface area contributed by atoms with Crippen molar-refractivity contribution in [2.75, 3.05) is 0 Å². The average molecular weight is 322 g/mol. The topological polar surface area (TPSA) is 44.9 Å². The molecule has 0 bridgehead atoms. The first-order valence-corrected chi connectivity index (χ1v) is 8.29. The number of aromatic nitrogens is 1. The van der Waals surface area contributed by atoms with Gasteiger partial charge in [-0.3, -0.25) is 4.79 Å². The predicted octanol–water partition coefficient (Wildman–Crippen LogP) is 4.42. The number of nitrogens with one attached hydrogen (secondary N) is 2. The smallest absolute Gasteiger partial charge is 0.251 e. The van der Waals surface area contributed by atoms with Crippen LogP contribution in [0.15, 0.2) is 42.5 Å². The minimum absolute atomic E-state index is 0.0581. The molecule has 4 rings (SSSR count). The van der Waals surface area contributed by atoms with Gasteiger partial charge < -0.3 is 10.3 Å². The van der Waals surface area contributed by atoms with E-state index in [2.05, 4.69) is 35.4 Å². The van der Waals surface area contributed by atoms with Gasteiger partial charge in [0.1, 0.15) is 5.82 Å². The highest BCUT2D eigenvalue weighted by Gasteiger charge is 2.26. The van der Waals surface area contributed by atoms with Crippen LogP contribution in [0.3, 0.4) is 0 Å². The summed E-state index contributed by atoms with van der Waals surface area (Å²) in [6.45, 7) is 2.09. The summed E-state index contributed by atoms with van der Waals surface area (Å²) in [6, 6.07) is 12.1. The Morgan fingerprint density at radius 3 is 2.96 bits per heavy atom. The molecule has 1 amide bonds. The molecule has 0 radical (unpaired) electrons. The zero-order chi connectivity index (χ0) is 16.7. The van der Waals surface area contributed by atoms with Gasteiger partial charge in [0.25, 0.3) is 5.91 Å². The quantitative estimate of drug-likeness (QED) is 0.720. The molecule has 0 saturated heterocycles. The largest absolute Gasteiger partial charge is 0.356 e. The molecule has 1 unspecified atom stereocenters. The van der Waals surface area contributed by atoms with E-state index in [0.717, 1.165) is 30.5 Å². The van der Waals surface area contributed by atoms with Gasteiger partial charge in [0, 0.05) is 22.2 Å². The number of hydrogen-bond donors (Lipinski definition) is 2. The molecule has 1 heterocycles. The van der Waals surface area contributed by atoms with Gasteiger partial charge in [-0.2, -0.15) is 0 Å². The number of carbonyl (C=O) groups is 1.